The van der Waals surface area contributed by atoms with Crippen molar-refractivity contribution in [2.45, 2.75) is 196 Å². The standard InChI is InChI=1S/C57H82IN3O21S4/c1-14-16-17-18-19-20-35(40-31(21-22-84-86-83-13)57(7,69)25-34(63)43(40)60-56(68)74-12)79-55-50(80-37-24-36(70-8)32(26-75-37)59-15-2)45(65)42(28(4)77-55)61-82-38-23-33(62)52(30(6)76-38)85-53(67)39-27(3)41(58)48(51(73-11)47(39)71-9)81-54-46(66)49(72-10)44(64)29(5)78-54/h21,28-30,32-33,35-38,42,44-46,49-50,52,54-55,59,61-62,64-66,69H,15,17-18,22-26H2,1-13H3,(H,60,68)/b31-21+/t28?,29?,30?,32?,33?,35-,36?,37?,38?,42?,44?,45?,46?,49?,50?,52?,54?,55?,57-/m0/s1. The number of nitrogens with one attached hydrogen (secondary N) is 3. The summed E-state index contributed by atoms with van der Waals surface area (Å²) in [5.41, 5.74) is 1.83. The number of amides is 1. The van der Waals surface area contributed by atoms with Crippen LogP contribution < -0.4 is 30.3 Å². The molecule has 86 heavy (non-hydrogen) atoms. The Morgan fingerprint density at radius 1 is 0.895 bits per heavy atom. The first-order valence-electron chi connectivity index (χ1n) is 27.9. The Hall–Kier alpha value is -2.68. The molecule has 24 nitrogen and oxygen atoms in total. The van der Waals surface area contributed by atoms with Crippen LogP contribution in [-0.4, -0.2) is 218 Å². The monoisotopic (exact) mass is 1400 g/mol. The van der Waals surface area contributed by atoms with Gasteiger partial charge >= 0.3 is 6.09 Å². The third-order valence-electron chi connectivity index (χ3n) is 15.0. The van der Waals surface area contributed by atoms with E-state index < -0.39 is 127 Å². The van der Waals surface area contributed by atoms with Crippen molar-refractivity contribution in [3.63, 3.8) is 0 Å². The molecule has 0 spiro atoms. The van der Waals surface area contributed by atoms with E-state index in [-0.39, 0.29) is 77.7 Å². The number of ketones is 1. The molecular weight excluding hydrogens is 1320 g/mol. The van der Waals surface area contributed by atoms with E-state index in [9.17, 15) is 39.9 Å². The number of hydrogen-bond donors (Lipinski definition) is 8. The van der Waals surface area contributed by atoms with E-state index >= 15 is 0 Å². The van der Waals surface area contributed by atoms with Crippen LogP contribution in [-0.2, 0) is 52.3 Å². The van der Waals surface area contributed by atoms with E-state index in [2.05, 4.69) is 39.8 Å². The number of carbonyl (C=O) groups excluding carboxylic acids is 3. The van der Waals surface area contributed by atoms with Gasteiger partial charge in [0.2, 0.25) is 17.2 Å². The number of likely N-dealkylation sites (N-methyl/N-ethyl adjacent to an activating group) is 1. The molecule has 8 N–H and O–H groups in total. The number of ether oxygens (including phenoxy) is 12. The summed E-state index contributed by atoms with van der Waals surface area (Å²) in [6, 6.07) is -1.26. The van der Waals surface area contributed by atoms with E-state index in [1.165, 1.54) is 59.7 Å². The molecule has 6 rings (SSSR count). The average molecular weight is 1400 g/mol. The third kappa shape index (κ3) is 17.7. The zero-order chi connectivity index (χ0) is 63.2. The number of methoxy groups -OCH3 is 5. The van der Waals surface area contributed by atoms with Crippen LogP contribution in [0.5, 0.6) is 17.2 Å². The Morgan fingerprint density at radius 2 is 1.60 bits per heavy atom. The number of hydroxylamine groups is 1. The minimum atomic E-state index is -1.76. The lowest BCUT2D eigenvalue weighted by molar-refractivity contribution is -0.336. The van der Waals surface area contributed by atoms with Gasteiger partial charge in [-0.3, -0.25) is 19.7 Å². The van der Waals surface area contributed by atoms with Crippen LogP contribution in [0.2, 0.25) is 0 Å². The summed E-state index contributed by atoms with van der Waals surface area (Å²) in [7, 11) is 11.3. The van der Waals surface area contributed by atoms with Gasteiger partial charge in [0.05, 0.1) is 96.2 Å². The van der Waals surface area contributed by atoms with Gasteiger partial charge in [-0.25, -0.2) is 4.79 Å². The van der Waals surface area contributed by atoms with Crippen molar-refractivity contribution < 1.29 is 102 Å². The lowest BCUT2D eigenvalue weighted by Crippen LogP contribution is -2.65. The zero-order valence-electron chi connectivity index (χ0n) is 50.4. The molecule has 5 aliphatic rings. The minimum Gasteiger partial charge on any atom is -0.492 e. The Labute approximate surface area is 532 Å². The highest BCUT2D eigenvalue weighted by molar-refractivity contribution is 14.1. The Bertz CT molecular complexity index is 2660. The smallest absolute Gasteiger partial charge is 0.411 e. The molecule has 4 fully saturated rings. The van der Waals surface area contributed by atoms with Crippen molar-refractivity contribution in [2.24, 2.45) is 0 Å². The number of aliphatic hydroxyl groups is 5. The summed E-state index contributed by atoms with van der Waals surface area (Å²) in [4.78, 5) is 47.6. The first-order valence-corrected chi connectivity index (χ1v) is 33.9. The largest absolute Gasteiger partial charge is 0.492 e. The Balaban J connectivity index is 1.26. The molecule has 19 atom stereocenters. The Kier molecular flexibility index (Phi) is 28.7. The van der Waals surface area contributed by atoms with Gasteiger partial charge in [0.1, 0.15) is 36.6 Å². The number of thioether (sulfide) groups is 1. The SMILES string of the molecule is CC#CCCC#C[C@H](OC1OC(C)C(NOC2CC(O)C(SC(=O)c3c(C)c(I)c(OC4OC(C)C(O)C(OC)C4O)c(OC)c3OC)C(C)O2)C(O)C1OC1CC(OC)C(NCC)CO1)C1=C(NC(=O)OC)C(=O)C[C@](C)(O)/C1=C/CSSSC. The van der Waals surface area contributed by atoms with Gasteiger partial charge in [-0.1, -0.05) is 58.2 Å². The number of Topliss-reactive ketones (excluding diaryl/α,β-unsaturated/α-hetero) is 1. The van der Waals surface area contributed by atoms with Gasteiger partial charge in [0.25, 0.3) is 0 Å². The van der Waals surface area contributed by atoms with Crippen LogP contribution in [0.3, 0.4) is 0 Å². The van der Waals surface area contributed by atoms with Crippen molar-refractivity contribution in [1.29, 1.82) is 0 Å². The van der Waals surface area contributed by atoms with Crippen molar-refractivity contribution in [3.05, 3.63) is 37.6 Å². The first kappa shape index (κ1) is 72.4. The third-order valence-corrected chi connectivity index (χ3v) is 21.4. The van der Waals surface area contributed by atoms with Gasteiger partial charge in [0.15, 0.2) is 36.2 Å². The number of allylic oxidation sites excluding steroid dienone is 1. The molecule has 0 radical (unpaired) electrons. The molecule has 4 saturated heterocycles. The first-order chi connectivity index (χ1) is 41.0. The molecule has 4 aliphatic heterocycles. The molecule has 1 amide bonds. The number of benzene rings is 1. The number of carbonyl (C=O) groups is 3. The van der Waals surface area contributed by atoms with Gasteiger partial charge in [-0.2, -0.15) is 5.48 Å². The quantitative estimate of drug-likeness (QED) is 0.0233. The molecule has 0 aromatic heterocycles. The van der Waals surface area contributed by atoms with E-state index in [0.29, 0.717) is 27.9 Å². The van der Waals surface area contributed by atoms with Crippen molar-refractivity contribution in [1.82, 2.24) is 16.1 Å². The van der Waals surface area contributed by atoms with Gasteiger partial charge in [-0.05, 0) is 97.9 Å². The number of unbranched alkanes of at least 4 members (excludes halogenated alkanes) is 1. The highest BCUT2D eigenvalue weighted by Crippen LogP contribution is 2.49. The summed E-state index contributed by atoms with van der Waals surface area (Å²) in [5, 5.41) is 62.6. The zero-order valence-corrected chi connectivity index (χ0v) is 55.8. The fourth-order valence-electron chi connectivity index (χ4n) is 10.6. The number of halogens is 1. The van der Waals surface area contributed by atoms with Gasteiger partial charge in [-0.15, -0.1) is 11.8 Å². The molecule has 0 saturated carbocycles. The number of hydrogen-bond acceptors (Lipinski definition) is 27. The molecule has 1 aliphatic carbocycles. The van der Waals surface area contributed by atoms with Crippen LogP contribution in [0.15, 0.2) is 22.9 Å². The second-order valence-electron chi connectivity index (χ2n) is 20.8. The van der Waals surface area contributed by atoms with Gasteiger partial charge in [0, 0.05) is 57.6 Å². The van der Waals surface area contributed by atoms with E-state index in [4.69, 9.17) is 61.7 Å². The lowest BCUT2D eigenvalue weighted by atomic mass is 9.76. The second kappa shape index (κ2) is 34.1. The number of rotatable bonds is 24. The maximum Gasteiger partial charge on any atom is 0.411 e. The predicted octanol–water partition coefficient (Wildman–Crippen LogP) is 4.45. The highest BCUT2D eigenvalue weighted by Gasteiger charge is 2.52. The van der Waals surface area contributed by atoms with Crippen LogP contribution in [0, 0.1) is 34.2 Å². The molecule has 17 unspecified atom stereocenters. The maximum absolute atomic E-state index is 14.5. The molecule has 29 heteroatoms. The van der Waals surface area contributed by atoms with E-state index in [0.717, 1.165) is 18.9 Å². The average Bonchev–Trinajstić information content (AvgIpc) is 0.989. The molecule has 1 aromatic rings. The molecule has 482 valence electrons. The normalized spacial score (nSPS) is 33.9. The van der Waals surface area contributed by atoms with Crippen LogP contribution in [0.4, 0.5) is 4.79 Å². The van der Waals surface area contributed by atoms with Crippen molar-refractivity contribution in [3.8, 4) is 40.9 Å². The predicted molar refractivity (Wildman–Crippen MR) is 331 cm³/mol. The fraction of sp³-hybridized carbons (Fsp3) is 0.702. The Morgan fingerprint density at radius 3 is 2.24 bits per heavy atom. The van der Waals surface area contributed by atoms with E-state index in [1.54, 1.807) is 47.8 Å². The molecule has 0 bridgehead atoms. The molecular formula is C57H82IN3O21S4. The van der Waals surface area contributed by atoms with E-state index in [1.807, 2.05) is 35.8 Å². The second-order valence-corrected chi connectivity index (χ2v) is 27.4. The fourth-order valence-corrected chi connectivity index (χ4v) is 14.8. The summed E-state index contributed by atoms with van der Waals surface area (Å²) in [6.07, 6.45) is -13.8. The maximum atomic E-state index is 14.5. The van der Waals surface area contributed by atoms with Crippen LogP contribution >= 0.6 is 65.8 Å². The van der Waals surface area contributed by atoms with Gasteiger partial charge < -0.3 is 87.7 Å². The summed E-state index contributed by atoms with van der Waals surface area (Å²) in [5.74, 6) is 12.0. The topological polar surface area (TPSA) is 308 Å². The molecule has 4 heterocycles. The summed E-state index contributed by atoms with van der Waals surface area (Å²) < 4.78 is 72.8. The minimum absolute atomic E-state index is 0.0282. The lowest BCUT2D eigenvalue weighted by Gasteiger charge is -2.46. The molecule has 1 aromatic carbocycles. The highest BCUT2D eigenvalue weighted by atomic mass is 127. The van der Waals surface area contributed by atoms with Crippen LogP contribution in [0.25, 0.3) is 0 Å². The van der Waals surface area contributed by atoms with Crippen molar-refractivity contribution >= 4 is 82.8 Å². The number of alkyl carbamates (subject to hydrolysis) is 1. The number of aliphatic hydroxyl groups excluding tert-OH is 4. The van der Waals surface area contributed by atoms with Crippen molar-refractivity contribution in [2.75, 3.05) is 60.7 Å². The summed E-state index contributed by atoms with van der Waals surface area (Å²) in [6.45, 7) is 12.6. The van der Waals surface area contributed by atoms with Crippen LogP contribution in [0.1, 0.15) is 89.6 Å². The summed E-state index contributed by atoms with van der Waals surface area (Å²) >= 11 is 2.83.